The Morgan fingerprint density at radius 3 is 2.40 bits per heavy atom. The van der Waals surface area contributed by atoms with Crippen molar-refractivity contribution in [1.82, 2.24) is 0 Å². The van der Waals surface area contributed by atoms with Crippen molar-refractivity contribution < 1.29 is 9.90 Å². The molecule has 4 heteroatoms. The minimum atomic E-state index is -0.722. The van der Waals surface area contributed by atoms with Crippen LogP contribution in [0.2, 0.25) is 5.02 Å². The van der Waals surface area contributed by atoms with Gasteiger partial charge in [-0.05, 0) is 17.7 Å². The molecule has 0 aromatic heterocycles. The van der Waals surface area contributed by atoms with Gasteiger partial charge in [-0.2, -0.15) is 0 Å². The smallest absolute Gasteiger partial charge is 0.256 e. The molecule has 2 nitrogen and oxygen atoms in total. The minimum absolute atomic E-state index is 0.0281. The van der Waals surface area contributed by atoms with Crippen molar-refractivity contribution in [3.05, 3.63) is 40.9 Å². The molecule has 76 valence electrons. The molecule has 0 aliphatic carbocycles. The number of carbonyl (C=O) groups is 1. The van der Waals surface area contributed by atoms with E-state index in [4.69, 9.17) is 23.2 Å². The normalized spacial score (nSPS) is 10.5. The molecule has 0 aliphatic heterocycles. The van der Waals surface area contributed by atoms with Gasteiger partial charge in [0, 0.05) is 15.8 Å². The van der Waals surface area contributed by atoms with Crippen molar-refractivity contribution in [2.45, 2.75) is 0 Å². The van der Waals surface area contributed by atoms with E-state index in [0.29, 0.717) is 15.8 Å². The van der Waals surface area contributed by atoms with Gasteiger partial charge >= 0.3 is 0 Å². The minimum Gasteiger partial charge on any atom is -0.506 e. The standard InChI is InChI=1S/C11H6Cl2O2/c12-9-5-8(11(13)15)10(14)7-4-2-1-3-6(7)9/h1-5,14H. The molecule has 1 N–H and O–H groups in total. The summed E-state index contributed by atoms with van der Waals surface area (Å²) in [4.78, 5) is 11.0. The van der Waals surface area contributed by atoms with Crippen molar-refractivity contribution >= 4 is 39.2 Å². The summed E-state index contributed by atoms with van der Waals surface area (Å²) in [5.74, 6) is -0.130. The van der Waals surface area contributed by atoms with Crippen LogP contribution in [0.15, 0.2) is 30.3 Å². The van der Waals surface area contributed by atoms with E-state index in [9.17, 15) is 9.90 Å². The quantitative estimate of drug-likeness (QED) is 0.774. The summed E-state index contributed by atoms with van der Waals surface area (Å²) < 4.78 is 0. The van der Waals surface area contributed by atoms with Gasteiger partial charge in [-0.1, -0.05) is 35.9 Å². The number of hydrogen-bond donors (Lipinski definition) is 1. The molecule has 2 aromatic rings. The van der Waals surface area contributed by atoms with Crippen LogP contribution in [-0.2, 0) is 0 Å². The van der Waals surface area contributed by atoms with E-state index < -0.39 is 5.24 Å². The molecule has 2 rings (SSSR count). The van der Waals surface area contributed by atoms with Crippen LogP contribution in [0, 0.1) is 0 Å². The van der Waals surface area contributed by atoms with Gasteiger partial charge in [0.1, 0.15) is 5.75 Å². The Balaban J connectivity index is 2.90. The fourth-order valence-corrected chi connectivity index (χ4v) is 1.88. The number of fused-ring (bicyclic) bond motifs is 1. The molecule has 0 atom stereocenters. The van der Waals surface area contributed by atoms with Gasteiger partial charge in [0.25, 0.3) is 5.24 Å². The van der Waals surface area contributed by atoms with Gasteiger partial charge < -0.3 is 5.11 Å². The Bertz CT molecular complexity index is 550. The molecule has 0 bridgehead atoms. The first kappa shape index (κ1) is 10.3. The van der Waals surface area contributed by atoms with Crippen LogP contribution in [0.25, 0.3) is 10.8 Å². The van der Waals surface area contributed by atoms with Gasteiger partial charge in [0.2, 0.25) is 0 Å². The third kappa shape index (κ3) is 1.66. The van der Waals surface area contributed by atoms with E-state index in [2.05, 4.69) is 0 Å². The number of phenolic OH excluding ortho intramolecular Hbond substituents is 1. The number of phenols is 1. The monoisotopic (exact) mass is 240 g/mol. The average Bonchev–Trinajstić information content (AvgIpc) is 2.23. The maximum Gasteiger partial charge on any atom is 0.256 e. The summed E-state index contributed by atoms with van der Waals surface area (Å²) in [6.45, 7) is 0. The number of halogens is 2. The lowest BCUT2D eigenvalue weighted by molar-refractivity contribution is 0.107. The van der Waals surface area contributed by atoms with Gasteiger partial charge in [-0.25, -0.2) is 0 Å². The summed E-state index contributed by atoms with van der Waals surface area (Å²) in [6.07, 6.45) is 0. The Labute approximate surface area is 96.0 Å². The summed E-state index contributed by atoms with van der Waals surface area (Å²) >= 11 is 11.3. The second-order valence-electron chi connectivity index (χ2n) is 3.07. The van der Waals surface area contributed by atoms with Gasteiger partial charge in [0.05, 0.1) is 5.56 Å². The van der Waals surface area contributed by atoms with Crippen LogP contribution in [0.5, 0.6) is 5.75 Å². The van der Waals surface area contributed by atoms with Crippen molar-refractivity contribution in [3.8, 4) is 5.75 Å². The largest absolute Gasteiger partial charge is 0.506 e. The zero-order valence-electron chi connectivity index (χ0n) is 7.50. The summed E-state index contributed by atoms with van der Waals surface area (Å²) in [7, 11) is 0. The highest BCUT2D eigenvalue weighted by molar-refractivity contribution is 6.68. The first-order chi connectivity index (χ1) is 7.11. The maximum atomic E-state index is 11.0. The number of rotatable bonds is 1. The Morgan fingerprint density at radius 2 is 1.80 bits per heavy atom. The predicted octanol–water partition coefficient (Wildman–Crippen LogP) is 3.58. The van der Waals surface area contributed by atoms with Crippen LogP contribution >= 0.6 is 23.2 Å². The van der Waals surface area contributed by atoms with Crippen LogP contribution < -0.4 is 0 Å². The highest BCUT2D eigenvalue weighted by Crippen LogP contribution is 2.34. The molecule has 0 aliphatic rings. The molecule has 2 aromatic carbocycles. The van der Waals surface area contributed by atoms with E-state index in [1.54, 1.807) is 24.3 Å². The molecular formula is C11H6Cl2O2. The second kappa shape index (κ2) is 3.72. The van der Waals surface area contributed by atoms with E-state index in [1.165, 1.54) is 6.07 Å². The number of benzene rings is 2. The van der Waals surface area contributed by atoms with Crippen molar-refractivity contribution in [2.24, 2.45) is 0 Å². The zero-order chi connectivity index (χ0) is 11.0. The second-order valence-corrected chi connectivity index (χ2v) is 3.82. The van der Waals surface area contributed by atoms with Crippen LogP contribution in [0.3, 0.4) is 0 Å². The molecule has 0 saturated heterocycles. The van der Waals surface area contributed by atoms with Crippen LogP contribution in [-0.4, -0.2) is 10.3 Å². The van der Waals surface area contributed by atoms with Crippen LogP contribution in [0.4, 0.5) is 0 Å². The molecule has 0 saturated carbocycles. The lowest BCUT2D eigenvalue weighted by Gasteiger charge is -2.06. The Kier molecular flexibility index (Phi) is 2.55. The highest BCUT2D eigenvalue weighted by Gasteiger charge is 2.14. The maximum absolute atomic E-state index is 11.0. The number of hydrogen-bond acceptors (Lipinski definition) is 2. The molecule has 0 heterocycles. The molecule has 0 fully saturated rings. The molecular weight excluding hydrogens is 235 g/mol. The number of carbonyl (C=O) groups excluding carboxylic acids is 1. The van der Waals surface area contributed by atoms with Crippen molar-refractivity contribution in [3.63, 3.8) is 0 Å². The Morgan fingerprint density at radius 1 is 1.20 bits per heavy atom. The zero-order valence-corrected chi connectivity index (χ0v) is 9.01. The average molecular weight is 241 g/mol. The molecule has 15 heavy (non-hydrogen) atoms. The van der Waals surface area contributed by atoms with Crippen molar-refractivity contribution in [2.75, 3.05) is 0 Å². The lowest BCUT2D eigenvalue weighted by Crippen LogP contribution is -1.91. The molecule has 0 radical (unpaired) electrons. The Hall–Kier alpha value is -1.25. The van der Waals surface area contributed by atoms with E-state index in [-0.39, 0.29) is 11.3 Å². The van der Waals surface area contributed by atoms with E-state index in [0.717, 1.165) is 0 Å². The van der Waals surface area contributed by atoms with Crippen LogP contribution in [0.1, 0.15) is 10.4 Å². The molecule has 0 spiro atoms. The number of aromatic hydroxyl groups is 1. The highest BCUT2D eigenvalue weighted by atomic mass is 35.5. The third-order valence-corrected chi connectivity index (χ3v) is 2.69. The summed E-state index contributed by atoms with van der Waals surface area (Å²) in [6, 6.07) is 8.37. The first-order valence-corrected chi connectivity index (χ1v) is 4.97. The van der Waals surface area contributed by atoms with Gasteiger partial charge in [-0.3, -0.25) is 4.79 Å². The fourth-order valence-electron chi connectivity index (χ4n) is 1.47. The van der Waals surface area contributed by atoms with Crippen molar-refractivity contribution in [1.29, 1.82) is 0 Å². The predicted molar refractivity (Wildman–Crippen MR) is 60.8 cm³/mol. The third-order valence-electron chi connectivity index (χ3n) is 2.18. The van der Waals surface area contributed by atoms with E-state index >= 15 is 0 Å². The summed E-state index contributed by atoms with van der Waals surface area (Å²) in [5.41, 5.74) is 0.0281. The molecule has 0 unspecified atom stereocenters. The lowest BCUT2D eigenvalue weighted by atomic mass is 10.1. The first-order valence-electron chi connectivity index (χ1n) is 4.21. The SMILES string of the molecule is O=C(Cl)c1cc(Cl)c2ccccc2c1O. The topological polar surface area (TPSA) is 37.3 Å². The van der Waals surface area contributed by atoms with Gasteiger partial charge in [0.15, 0.2) is 0 Å². The summed E-state index contributed by atoms with van der Waals surface area (Å²) in [5, 5.41) is 10.7. The molecule has 0 amide bonds. The fraction of sp³-hybridized carbons (Fsp3) is 0. The van der Waals surface area contributed by atoms with Gasteiger partial charge in [-0.15, -0.1) is 0 Å². The van der Waals surface area contributed by atoms with E-state index in [1.807, 2.05) is 0 Å².